The molecule has 0 bridgehead atoms. The molecule has 0 N–H and O–H groups in total. The Labute approximate surface area is 267 Å². The van der Waals surface area contributed by atoms with E-state index in [2.05, 4.69) is 210 Å². The van der Waals surface area contributed by atoms with Gasteiger partial charge in [-0.25, -0.2) is 0 Å². The van der Waals surface area contributed by atoms with Crippen LogP contribution in [-0.2, 0) is 11.3 Å². The Morgan fingerprint density at radius 3 is 0.512 bits per heavy atom. The molecule has 6 aromatic carbocycles. The summed E-state index contributed by atoms with van der Waals surface area (Å²) < 4.78 is 0. The first-order valence-electron chi connectivity index (χ1n) is 13.2. The van der Waals surface area contributed by atoms with Gasteiger partial charge in [0.1, 0.15) is 31.8 Å². The van der Waals surface area contributed by atoms with Crippen molar-refractivity contribution in [3.05, 3.63) is 182 Å². The molecule has 0 amide bonds. The summed E-state index contributed by atoms with van der Waals surface area (Å²) in [5.41, 5.74) is 0. The third-order valence-corrected chi connectivity index (χ3v) is 11.8. The Balaban J connectivity index is 0.000000173. The van der Waals surface area contributed by atoms with Gasteiger partial charge in [-0.1, -0.05) is 109 Å². The second-order valence-corrected chi connectivity index (χ2v) is 19.5. The maximum Gasteiger partial charge on any atom is 0.102 e. The van der Waals surface area contributed by atoms with Gasteiger partial charge in [0.05, 0.1) is 15.8 Å². The van der Waals surface area contributed by atoms with E-state index in [0.29, 0.717) is 0 Å². The molecule has 0 unspecified atom stereocenters. The first-order chi connectivity index (χ1) is 20.3. The van der Waals surface area contributed by atoms with Crippen molar-refractivity contribution >= 4 is 75.9 Å². The summed E-state index contributed by atoms with van der Waals surface area (Å²) in [6.07, 6.45) is 0. The van der Waals surface area contributed by atoms with Gasteiger partial charge in [0.2, 0.25) is 0 Å². The van der Waals surface area contributed by atoms with Crippen LogP contribution in [0.1, 0.15) is 0 Å². The number of hydrogen-bond donors (Lipinski definition) is 0. The summed E-state index contributed by atoms with van der Waals surface area (Å²) in [5.74, 6) is 0. The van der Waals surface area contributed by atoms with E-state index >= 15 is 0 Å². The van der Waals surface area contributed by atoms with Crippen LogP contribution in [-0.4, -0.2) is 0 Å². The molecule has 0 aromatic heterocycles. The van der Waals surface area contributed by atoms with Gasteiger partial charge in [-0.3, -0.25) is 0 Å². The molecule has 0 fully saturated rings. The molecule has 5 heteroatoms. The molecular formula is C36H32Br2FeP2+2. The van der Waals surface area contributed by atoms with Crippen molar-refractivity contribution in [1.29, 1.82) is 0 Å². The van der Waals surface area contributed by atoms with Crippen LogP contribution in [0.5, 0.6) is 0 Å². The second kappa shape index (κ2) is 18.3. The maximum atomic E-state index is 3.06. The zero-order valence-corrected chi connectivity index (χ0v) is 28.7. The molecule has 0 aliphatic heterocycles. The SMILES string of the molecule is [Br][Fe][Br].c1ccc([PH+](c2ccccc2)c2ccccc2)cc1.c1ccc([PH+](c2ccccc2)c2ccccc2)cc1. The third-order valence-electron chi connectivity index (χ3n) is 6.37. The monoisotopic (exact) mass is 740 g/mol. The van der Waals surface area contributed by atoms with Crippen LogP contribution in [0.4, 0.5) is 0 Å². The van der Waals surface area contributed by atoms with Crippen molar-refractivity contribution in [2.45, 2.75) is 0 Å². The zero-order chi connectivity index (χ0) is 28.5. The molecule has 41 heavy (non-hydrogen) atoms. The van der Waals surface area contributed by atoms with Crippen molar-refractivity contribution in [3.8, 4) is 0 Å². The van der Waals surface area contributed by atoms with Crippen molar-refractivity contribution in [1.82, 2.24) is 0 Å². The molecule has 0 radical (unpaired) electrons. The molecule has 0 atom stereocenters. The van der Waals surface area contributed by atoms with Crippen LogP contribution >= 0.6 is 44.1 Å². The smallest absolute Gasteiger partial charge is 0.0620 e. The summed E-state index contributed by atoms with van der Waals surface area (Å²) >= 11 is 7.00. The van der Waals surface area contributed by atoms with Gasteiger partial charge in [0, 0.05) is 0 Å². The summed E-state index contributed by atoms with van der Waals surface area (Å²) in [4.78, 5) is 0. The molecule has 6 aromatic rings. The van der Waals surface area contributed by atoms with Gasteiger partial charge in [-0.05, 0) is 72.8 Å². The van der Waals surface area contributed by atoms with Crippen LogP contribution in [0.15, 0.2) is 182 Å². The molecule has 0 heterocycles. The molecule has 0 aliphatic carbocycles. The number of hydrogen-bond acceptors (Lipinski definition) is 0. The minimum absolute atomic E-state index is 0.875. The van der Waals surface area contributed by atoms with Crippen LogP contribution in [0.2, 0.25) is 0 Å². The zero-order valence-electron chi connectivity index (χ0n) is 22.4. The molecule has 0 spiro atoms. The van der Waals surface area contributed by atoms with E-state index in [1.807, 2.05) is 0 Å². The Morgan fingerprint density at radius 1 is 0.268 bits per heavy atom. The minimum atomic E-state index is -0.877. The van der Waals surface area contributed by atoms with Crippen LogP contribution < -0.4 is 31.8 Å². The maximum absolute atomic E-state index is 3.06. The van der Waals surface area contributed by atoms with Gasteiger partial charge < -0.3 is 0 Å². The van der Waals surface area contributed by atoms with Gasteiger partial charge in [0.15, 0.2) is 0 Å². The van der Waals surface area contributed by atoms with E-state index in [9.17, 15) is 0 Å². The predicted molar refractivity (Wildman–Crippen MR) is 191 cm³/mol. The fourth-order valence-corrected chi connectivity index (χ4v) is 9.78. The first kappa shape index (κ1) is 31.6. The molecule has 206 valence electrons. The van der Waals surface area contributed by atoms with Crippen LogP contribution in [0.25, 0.3) is 0 Å². The predicted octanol–water partition coefficient (Wildman–Crippen LogP) is 8.04. The van der Waals surface area contributed by atoms with Gasteiger partial charge in [0.25, 0.3) is 0 Å². The van der Waals surface area contributed by atoms with E-state index in [1.54, 1.807) is 0 Å². The number of rotatable bonds is 6. The fraction of sp³-hybridized carbons (Fsp3) is 0. The summed E-state index contributed by atoms with van der Waals surface area (Å²) in [6, 6.07) is 65.0. The van der Waals surface area contributed by atoms with E-state index in [1.165, 1.54) is 31.8 Å². The van der Waals surface area contributed by atoms with Crippen molar-refractivity contribution in [2.75, 3.05) is 0 Å². The van der Waals surface area contributed by atoms with E-state index in [0.717, 1.165) is 11.3 Å². The second-order valence-electron chi connectivity index (χ2n) is 9.00. The summed E-state index contributed by atoms with van der Waals surface area (Å²) in [7, 11) is -1.75. The summed E-state index contributed by atoms with van der Waals surface area (Å²) in [5, 5.41) is 8.61. The Hall–Kier alpha value is -2.34. The standard InChI is InChI=1S/2C18H15P.2BrH.Fe/c2*1-4-10-16(11-5-1)19(17-12-6-2-7-13-17)18-14-8-3-9-15-18;;;/h2*1-15H;2*1H;/q;;;;+2. The largest absolute Gasteiger partial charge is 0.102 e. The molecule has 6 rings (SSSR count). The minimum Gasteiger partial charge on any atom is -0.0620 e. The van der Waals surface area contributed by atoms with Crippen molar-refractivity contribution in [2.24, 2.45) is 0 Å². The molecular weight excluding hydrogens is 710 g/mol. The fourth-order valence-electron chi connectivity index (χ4n) is 4.63. The van der Waals surface area contributed by atoms with Crippen LogP contribution in [0.3, 0.4) is 0 Å². The van der Waals surface area contributed by atoms with Gasteiger partial charge >= 0.3 is 39.6 Å². The van der Waals surface area contributed by atoms with Crippen molar-refractivity contribution < 1.29 is 11.3 Å². The van der Waals surface area contributed by atoms with Crippen molar-refractivity contribution in [3.63, 3.8) is 0 Å². The Morgan fingerprint density at radius 2 is 0.390 bits per heavy atom. The van der Waals surface area contributed by atoms with Gasteiger partial charge in [-0.15, -0.1) is 0 Å². The molecule has 0 aliphatic rings. The van der Waals surface area contributed by atoms with E-state index in [-0.39, 0.29) is 0 Å². The molecule has 0 saturated carbocycles. The third kappa shape index (κ3) is 9.87. The Bertz CT molecular complexity index is 1200. The van der Waals surface area contributed by atoms with E-state index < -0.39 is 15.8 Å². The van der Waals surface area contributed by atoms with Crippen LogP contribution in [0, 0.1) is 0 Å². The summed E-state index contributed by atoms with van der Waals surface area (Å²) in [6.45, 7) is 0. The topological polar surface area (TPSA) is 0 Å². The normalized spacial score (nSPS) is 10.3. The molecule has 0 nitrogen and oxygen atoms in total. The first-order valence-corrected chi connectivity index (χ1v) is 21.7. The van der Waals surface area contributed by atoms with Gasteiger partial charge in [-0.2, -0.15) is 0 Å². The average molecular weight is 742 g/mol. The Kier molecular flexibility index (Phi) is 14.1. The average Bonchev–Trinajstić information content (AvgIpc) is 3.05. The van der Waals surface area contributed by atoms with E-state index in [4.69, 9.17) is 0 Å². The number of benzene rings is 6. The quantitative estimate of drug-likeness (QED) is 0.120. The molecule has 0 saturated heterocycles. The number of halogens is 2.